The summed E-state index contributed by atoms with van der Waals surface area (Å²) >= 11 is 0. The maximum atomic E-state index is 12.7. The van der Waals surface area contributed by atoms with Crippen LogP contribution in [0.4, 0.5) is 0 Å². The third-order valence-electron chi connectivity index (χ3n) is 4.70. The summed E-state index contributed by atoms with van der Waals surface area (Å²) in [6.07, 6.45) is 5.98. The summed E-state index contributed by atoms with van der Waals surface area (Å²) in [5, 5.41) is 13.9. The number of carbonyl (C=O) groups is 1. The highest BCUT2D eigenvalue weighted by Crippen LogP contribution is 2.33. The lowest BCUT2D eigenvalue weighted by molar-refractivity contribution is -0.132. The number of aromatic amines is 1. The SMILES string of the molecule is O=C(CCCn1cncn1)N1Cc2[nH]cnc2C(c2cccc(O)c2)C1. The molecule has 2 N–H and O–H groups in total. The highest BCUT2D eigenvalue weighted by atomic mass is 16.3. The Kier molecular flexibility index (Phi) is 4.39. The average Bonchev–Trinajstić information content (AvgIpc) is 3.32. The molecule has 8 nitrogen and oxygen atoms in total. The van der Waals surface area contributed by atoms with Crippen LogP contribution in [0.3, 0.4) is 0 Å². The molecule has 0 fully saturated rings. The van der Waals surface area contributed by atoms with Gasteiger partial charge in [-0.3, -0.25) is 9.48 Å². The standard InChI is InChI=1S/C18H20N6O2/c25-14-4-1-3-13(7-14)15-8-23(9-16-18(15)21-11-20-16)17(26)5-2-6-24-12-19-10-22-24/h1,3-4,7,10-12,15,25H,2,5-6,8-9H2,(H,20,21). The van der Waals surface area contributed by atoms with E-state index in [1.165, 1.54) is 6.33 Å². The molecule has 3 aromatic rings. The number of aryl methyl sites for hydroxylation is 1. The molecule has 26 heavy (non-hydrogen) atoms. The van der Waals surface area contributed by atoms with Crippen molar-refractivity contribution in [1.29, 1.82) is 0 Å². The summed E-state index contributed by atoms with van der Waals surface area (Å²) in [5.41, 5.74) is 2.86. The minimum Gasteiger partial charge on any atom is -0.508 e. The van der Waals surface area contributed by atoms with Crippen LogP contribution in [0.25, 0.3) is 0 Å². The van der Waals surface area contributed by atoms with Gasteiger partial charge in [-0.1, -0.05) is 12.1 Å². The first-order chi connectivity index (χ1) is 12.7. The van der Waals surface area contributed by atoms with Crippen LogP contribution in [0.2, 0.25) is 0 Å². The van der Waals surface area contributed by atoms with E-state index < -0.39 is 0 Å². The maximum Gasteiger partial charge on any atom is 0.223 e. The summed E-state index contributed by atoms with van der Waals surface area (Å²) in [6.45, 7) is 1.77. The first-order valence-electron chi connectivity index (χ1n) is 8.62. The van der Waals surface area contributed by atoms with Crippen molar-refractivity contribution in [1.82, 2.24) is 29.6 Å². The fraction of sp³-hybridized carbons (Fsp3) is 0.333. The zero-order valence-corrected chi connectivity index (χ0v) is 14.2. The Bertz CT molecular complexity index is 889. The molecular formula is C18H20N6O2. The number of rotatable bonds is 5. The number of hydrogen-bond acceptors (Lipinski definition) is 5. The molecule has 1 unspecified atom stereocenters. The Balaban J connectivity index is 1.47. The number of fused-ring (bicyclic) bond motifs is 1. The van der Waals surface area contributed by atoms with Gasteiger partial charge in [-0.25, -0.2) is 9.97 Å². The van der Waals surface area contributed by atoms with Crippen LogP contribution in [-0.4, -0.2) is 47.2 Å². The number of aromatic hydroxyl groups is 1. The average molecular weight is 352 g/mol. The summed E-state index contributed by atoms with van der Waals surface area (Å²) in [4.78, 5) is 26.0. The summed E-state index contributed by atoms with van der Waals surface area (Å²) in [7, 11) is 0. The maximum absolute atomic E-state index is 12.7. The molecule has 0 spiro atoms. The van der Waals surface area contributed by atoms with Gasteiger partial charge in [0.15, 0.2) is 0 Å². The number of H-pyrrole nitrogens is 1. The van der Waals surface area contributed by atoms with E-state index in [0.717, 1.165) is 17.0 Å². The van der Waals surface area contributed by atoms with Crippen molar-refractivity contribution in [2.24, 2.45) is 0 Å². The van der Waals surface area contributed by atoms with Crippen LogP contribution in [0.15, 0.2) is 43.2 Å². The van der Waals surface area contributed by atoms with E-state index in [-0.39, 0.29) is 17.6 Å². The third-order valence-corrected chi connectivity index (χ3v) is 4.70. The van der Waals surface area contributed by atoms with E-state index in [1.807, 2.05) is 17.0 Å². The first kappa shape index (κ1) is 16.3. The van der Waals surface area contributed by atoms with Gasteiger partial charge in [0.25, 0.3) is 0 Å². The van der Waals surface area contributed by atoms with E-state index in [1.54, 1.807) is 29.5 Å². The third kappa shape index (κ3) is 3.30. The monoisotopic (exact) mass is 352 g/mol. The fourth-order valence-electron chi connectivity index (χ4n) is 3.41. The van der Waals surface area contributed by atoms with Gasteiger partial charge in [-0.05, 0) is 24.1 Å². The van der Waals surface area contributed by atoms with Crippen molar-refractivity contribution in [3.63, 3.8) is 0 Å². The largest absolute Gasteiger partial charge is 0.508 e. The number of hydrogen-bond donors (Lipinski definition) is 2. The second-order valence-electron chi connectivity index (χ2n) is 6.45. The van der Waals surface area contributed by atoms with E-state index in [9.17, 15) is 9.90 Å². The number of aromatic nitrogens is 5. The molecule has 0 aliphatic carbocycles. The van der Waals surface area contributed by atoms with E-state index in [0.29, 0.717) is 32.5 Å². The summed E-state index contributed by atoms with van der Waals surface area (Å²) in [6, 6.07) is 7.16. The molecule has 1 aromatic carbocycles. The van der Waals surface area contributed by atoms with Crippen LogP contribution in [-0.2, 0) is 17.9 Å². The fourth-order valence-corrected chi connectivity index (χ4v) is 3.41. The topological polar surface area (TPSA) is 99.9 Å². The Morgan fingerprint density at radius 3 is 3.12 bits per heavy atom. The van der Waals surface area contributed by atoms with Gasteiger partial charge in [-0.15, -0.1) is 0 Å². The molecule has 3 heterocycles. The molecule has 1 aliphatic heterocycles. The number of phenolic OH excluding ortho intramolecular Hbond substituents is 1. The number of phenols is 1. The lowest BCUT2D eigenvalue weighted by Gasteiger charge is -2.32. The zero-order chi connectivity index (χ0) is 17.9. The van der Waals surface area contributed by atoms with Gasteiger partial charge < -0.3 is 15.0 Å². The van der Waals surface area contributed by atoms with Crippen LogP contribution in [0, 0.1) is 0 Å². The number of carbonyl (C=O) groups excluding carboxylic acids is 1. The molecular weight excluding hydrogens is 332 g/mol. The van der Waals surface area contributed by atoms with E-state index in [2.05, 4.69) is 20.1 Å². The van der Waals surface area contributed by atoms with Gasteiger partial charge in [0, 0.05) is 25.4 Å². The molecule has 2 aromatic heterocycles. The molecule has 1 aliphatic rings. The lowest BCUT2D eigenvalue weighted by Crippen LogP contribution is -2.38. The molecule has 4 rings (SSSR count). The van der Waals surface area contributed by atoms with Crippen LogP contribution in [0.1, 0.15) is 35.7 Å². The first-order valence-corrected chi connectivity index (χ1v) is 8.62. The van der Waals surface area contributed by atoms with Crippen molar-refractivity contribution in [2.75, 3.05) is 6.54 Å². The van der Waals surface area contributed by atoms with Crippen molar-refractivity contribution >= 4 is 5.91 Å². The second-order valence-corrected chi connectivity index (χ2v) is 6.45. The van der Waals surface area contributed by atoms with Gasteiger partial charge in [0.2, 0.25) is 5.91 Å². The van der Waals surface area contributed by atoms with Crippen LogP contribution >= 0.6 is 0 Å². The van der Waals surface area contributed by atoms with Crippen LogP contribution < -0.4 is 0 Å². The molecule has 1 amide bonds. The smallest absolute Gasteiger partial charge is 0.223 e. The van der Waals surface area contributed by atoms with Crippen molar-refractivity contribution in [2.45, 2.75) is 31.8 Å². The Morgan fingerprint density at radius 2 is 2.31 bits per heavy atom. The predicted molar refractivity (Wildman–Crippen MR) is 93.2 cm³/mol. The molecule has 0 saturated heterocycles. The van der Waals surface area contributed by atoms with Gasteiger partial charge >= 0.3 is 0 Å². The number of nitrogens with one attached hydrogen (secondary N) is 1. The second kappa shape index (κ2) is 6.99. The number of nitrogens with zero attached hydrogens (tertiary/aromatic N) is 5. The highest BCUT2D eigenvalue weighted by molar-refractivity contribution is 5.76. The molecule has 0 bridgehead atoms. The normalized spacial score (nSPS) is 16.5. The molecule has 8 heteroatoms. The molecule has 134 valence electrons. The Morgan fingerprint density at radius 1 is 1.38 bits per heavy atom. The van der Waals surface area contributed by atoms with E-state index in [4.69, 9.17) is 0 Å². The molecule has 0 radical (unpaired) electrons. The Labute approximate surface area is 150 Å². The molecule has 1 atom stereocenters. The van der Waals surface area contributed by atoms with Crippen molar-refractivity contribution in [3.05, 3.63) is 60.2 Å². The predicted octanol–water partition coefficient (Wildman–Crippen LogP) is 1.66. The quantitative estimate of drug-likeness (QED) is 0.727. The minimum absolute atomic E-state index is 0.0450. The summed E-state index contributed by atoms with van der Waals surface area (Å²) in [5.74, 6) is 0.280. The Hall–Kier alpha value is -3.16. The van der Waals surface area contributed by atoms with Crippen LogP contribution in [0.5, 0.6) is 5.75 Å². The number of imidazole rings is 1. The van der Waals surface area contributed by atoms with Gasteiger partial charge in [-0.2, -0.15) is 5.10 Å². The number of benzene rings is 1. The summed E-state index contributed by atoms with van der Waals surface area (Å²) < 4.78 is 1.73. The van der Waals surface area contributed by atoms with Gasteiger partial charge in [0.05, 0.1) is 24.3 Å². The van der Waals surface area contributed by atoms with Crippen molar-refractivity contribution in [3.8, 4) is 5.75 Å². The lowest BCUT2D eigenvalue weighted by atomic mass is 9.90. The zero-order valence-electron chi connectivity index (χ0n) is 14.2. The number of amides is 1. The minimum atomic E-state index is -0.0450. The molecule has 0 saturated carbocycles. The highest BCUT2D eigenvalue weighted by Gasteiger charge is 2.31. The van der Waals surface area contributed by atoms with Gasteiger partial charge in [0.1, 0.15) is 18.4 Å². The van der Waals surface area contributed by atoms with E-state index >= 15 is 0 Å². The van der Waals surface area contributed by atoms with Crippen molar-refractivity contribution < 1.29 is 9.90 Å².